The van der Waals surface area contributed by atoms with E-state index in [9.17, 15) is 4.79 Å². The minimum Gasteiger partial charge on any atom is -0.493 e. The molecule has 0 saturated carbocycles. The number of pyridine rings is 1. The molecule has 0 fully saturated rings. The molecule has 4 rings (SSSR count). The summed E-state index contributed by atoms with van der Waals surface area (Å²) in [5.74, 6) is 1.28. The van der Waals surface area contributed by atoms with Gasteiger partial charge in [-0.2, -0.15) is 5.10 Å². The van der Waals surface area contributed by atoms with Gasteiger partial charge in [0.2, 0.25) is 0 Å². The van der Waals surface area contributed by atoms with Gasteiger partial charge in [-0.3, -0.25) is 14.9 Å². The molecule has 9 heteroatoms. The molecular weight excluding hydrogens is 408 g/mol. The molecule has 0 radical (unpaired) electrons. The normalized spacial score (nSPS) is 10.8. The van der Waals surface area contributed by atoms with Gasteiger partial charge in [-0.05, 0) is 29.7 Å². The summed E-state index contributed by atoms with van der Waals surface area (Å²) >= 11 is 0. The van der Waals surface area contributed by atoms with Crippen LogP contribution in [0, 0.1) is 0 Å². The quantitative estimate of drug-likeness (QED) is 0.389. The summed E-state index contributed by atoms with van der Waals surface area (Å²) in [5.41, 5.74) is 10.3. The number of primary amides is 1. The highest BCUT2D eigenvalue weighted by Crippen LogP contribution is 2.38. The lowest BCUT2D eigenvalue weighted by Gasteiger charge is -2.19. The zero-order chi connectivity index (χ0) is 22.7. The predicted molar refractivity (Wildman–Crippen MR) is 122 cm³/mol. The van der Waals surface area contributed by atoms with Crippen LogP contribution in [-0.4, -0.2) is 40.3 Å². The van der Waals surface area contributed by atoms with Gasteiger partial charge in [-0.25, -0.2) is 4.98 Å². The smallest absolute Gasteiger partial charge is 0.252 e. The van der Waals surface area contributed by atoms with Gasteiger partial charge in [0.25, 0.3) is 5.91 Å². The number of amides is 1. The van der Waals surface area contributed by atoms with E-state index in [1.165, 1.54) is 12.5 Å². The molecule has 0 bridgehead atoms. The summed E-state index contributed by atoms with van der Waals surface area (Å²) in [6, 6.07) is 9.55. The standard InChI is InChI=1S/C23H24N6O3/c1-4-14-13(8-21-26-12-27-29-21)6-5-7-17(14)28-22-15-9-19(31-2)20(32-3)10-18(15)25-11-16(22)23(24)30/h5-7,9-12H,4,8H2,1-3H3,(H2,24,30)(H,25,28)(H,26,27,29). The number of benzene rings is 2. The van der Waals surface area contributed by atoms with E-state index in [-0.39, 0.29) is 5.56 Å². The Morgan fingerprint density at radius 3 is 2.59 bits per heavy atom. The molecule has 4 N–H and O–H groups in total. The van der Waals surface area contributed by atoms with Crippen LogP contribution in [0.15, 0.2) is 42.9 Å². The van der Waals surface area contributed by atoms with E-state index in [4.69, 9.17) is 15.2 Å². The van der Waals surface area contributed by atoms with Crippen LogP contribution in [-0.2, 0) is 12.8 Å². The SMILES string of the molecule is CCc1c(Cc2ncn[nH]2)cccc1Nc1c(C(N)=O)cnc2cc(OC)c(OC)cc12. The van der Waals surface area contributed by atoms with Gasteiger partial charge in [0, 0.05) is 29.8 Å². The number of H-pyrrole nitrogens is 1. The Morgan fingerprint density at radius 2 is 1.94 bits per heavy atom. The van der Waals surface area contributed by atoms with Crippen molar-refractivity contribution in [1.29, 1.82) is 0 Å². The third-order valence-electron chi connectivity index (χ3n) is 5.35. The zero-order valence-corrected chi connectivity index (χ0v) is 18.1. The monoisotopic (exact) mass is 432 g/mol. The molecule has 0 spiro atoms. The minimum absolute atomic E-state index is 0.285. The summed E-state index contributed by atoms with van der Waals surface area (Å²) in [4.78, 5) is 20.9. The van der Waals surface area contributed by atoms with Crippen LogP contribution in [0.4, 0.5) is 11.4 Å². The van der Waals surface area contributed by atoms with Crippen LogP contribution >= 0.6 is 0 Å². The molecule has 0 aliphatic carbocycles. The van der Waals surface area contributed by atoms with Crippen molar-refractivity contribution in [3.8, 4) is 11.5 Å². The van der Waals surface area contributed by atoms with E-state index in [0.717, 1.165) is 29.1 Å². The van der Waals surface area contributed by atoms with Crippen LogP contribution in [0.2, 0.25) is 0 Å². The summed E-state index contributed by atoms with van der Waals surface area (Å²) < 4.78 is 10.9. The van der Waals surface area contributed by atoms with Crippen molar-refractivity contribution in [2.24, 2.45) is 5.73 Å². The van der Waals surface area contributed by atoms with Crippen molar-refractivity contribution < 1.29 is 14.3 Å². The van der Waals surface area contributed by atoms with E-state index in [0.29, 0.717) is 34.5 Å². The number of hydrogen-bond acceptors (Lipinski definition) is 7. The number of ether oxygens (including phenoxy) is 2. The first-order valence-corrected chi connectivity index (χ1v) is 10.1. The highest BCUT2D eigenvalue weighted by Gasteiger charge is 2.18. The Kier molecular flexibility index (Phi) is 5.89. The van der Waals surface area contributed by atoms with Gasteiger partial charge < -0.3 is 20.5 Å². The number of anilines is 2. The van der Waals surface area contributed by atoms with Crippen molar-refractivity contribution in [2.75, 3.05) is 19.5 Å². The Hall–Kier alpha value is -4.14. The second-order valence-electron chi connectivity index (χ2n) is 7.17. The maximum atomic E-state index is 12.2. The Balaban J connectivity index is 1.86. The lowest BCUT2D eigenvalue weighted by molar-refractivity contribution is 0.100. The number of nitrogens with two attached hydrogens (primary N) is 1. The van der Waals surface area contributed by atoms with Gasteiger partial charge in [0.1, 0.15) is 12.2 Å². The molecule has 1 amide bonds. The Morgan fingerprint density at radius 1 is 1.16 bits per heavy atom. The molecule has 2 aromatic heterocycles. The number of carbonyl (C=O) groups is 1. The van der Waals surface area contributed by atoms with Gasteiger partial charge in [-0.1, -0.05) is 19.1 Å². The molecule has 2 aromatic carbocycles. The lowest BCUT2D eigenvalue weighted by atomic mass is 9.99. The van der Waals surface area contributed by atoms with E-state index < -0.39 is 5.91 Å². The van der Waals surface area contributed by atoms with Crippen molar-refractivity contribution in [3.63, 3.8) is 0 Å². The fourth-order valence-electron chi connectivity index (χ4n) is 3.81. The Labute approximate surface area is 185 Å². The third-order valence-corrected chi connectivity index (χ3v) is 5.35. The van der Waals surface area contributed by atoms with Gasteiger partial charge in [0.15, 0.2) is 11.5 Å². The van der Waals surface area contributed by atoms with Crippen LogP contribution in [0.3, 0.4) is 0 Å². The number of rotatable bonds is 8. The van der Waals surface area contributed by atoms with Gasteiger partial charge in [-0.15, -0.1) is 0 Å². The molecular formula is C23H24N6O3. The first-order valence-electron chi connectivity index (χ1n) is 10.1. The van der Waals surface area contributed by atoms with Crippen LogP contribution in [0.25, 0.3) is 10.9 Å². The number of carbonyl (C=O) groups excluding carboxylic acids is 1. The number of fused-ring (bicyclic) bond motifs is 1. The van der Waals surface area contributed by atoms with Crippen molar-refractivity contribution in [1.82, 2.24) is 20.2 Å². The van der Waals surface area contributed by atoms with Crippen molar-refractivity contribution in [2.45, 2.75) is 19.8 Å². The molecule has 0 unspecified atom stereocenters. The van der Waals surface area contributed by atoms with Crippen LogP contribution < -0.4 is 20.5 Å². The molecule has 0 aliphatic heterocycles. The average molecular weight is 432 g/mol. The summed E-state index contributed by atoms with van der Waals surface area (Å²) in [6.45, 7) is 2.08. The summed E-state index contributed by atoms with van der Waals surface area (Å²) in [7, 11) is 3.12. The highest BCUT2D eigenvalue weighted by atomic mass is 16.5. The molecule has 0 saturated heterocycles. The van der Waals surface area contributed by atoms with Gasteiger partial charge >= 0.3 is 0 Å². The van der Waals surface area contributed by atoms with E-state index in [1.807, 2.05) is 12.1 Å². The molecule has 0 atom stereocenters. The molecule has 32 heavy (non-hydrogen) atoms. The molecule has 9 nitrogen and oxygen atoms in total. The average Bonchev–Trinajstić information content (AvgIpc) is 3.31. The fraction of sp³-hybridized carbons (Fsp3) is 0.217. The number of hydrogen-bond donors (Lipinski definition) is 3. The van der Waals surface area contributed by atoms with Crippen LogP contribution in [0.1, 0.15) is 34.2 Å². The molecule has 4 aromatic rings. The summed E-state index contributed by atoms with van der Waals surface area (Å²) in [5, 5.41) is 11.0. The maximum Gasteiger partial charge on any atom is 0.252 e. The summed E-state index contributed by atoms with van der Waals surface area (Å²) in [6.07, 6.45) is 4.36. The van der Waals surface area contributed by atoms with E-state index in [2.05, 4.69) is 38.5 Å². The second kappa shape index (κ2) is 8.93. The van der Waals surface area contributed by atoms with Crippen LogP contribution in [0.5, 0.6) is 11.5 Å². The third kappa shape index (κ3) is 3.92. The Bertz CT molecular complexity index is 1270. The zero-order valence-electron chi connectivity index (χ0n) is 18.1. The lowest BCUT2D eigenvalue weighted by Crippen LogP contribution is -2.14. The van der Waals surface area contributed by atoms with E-state index >= 15 is 0 Å². The first-order chi connectivity index (χ1) is 15.5. The van der Waals surface area contributed by atoms with E-state index in [1.54, 1.807) is 26.4 Å². The highest BCUT2D eigenvalue weighted by molar-refractivity contribution is 6.08. The number of nitrogens with zero attached hydrogens (tertiary/aromatic N) is 3. The fourth-order valence-corrected chi connectivity index (χ4v) is 3.81. The minimum atomic E-state index is -0.576. The van der Waals surface area contributed by atoms with Gasteiger partial charge in [0.05, 0.1) is 31.0 Å². The molecule has 164 valence electrons. The van der Waals surface area contributed by atoms with Crippen molar-refractivity contribution in [3.05, 3.63) is 65.4 Å². The number of aromatic amines is 1. The number of aromatic nitrogens is 4. The number of nitrogens with one attached hydrogen (secondary N) is 2. The maximum absolute atomic E-state index is 12.2. The number of methoxy groups -OCH3 is 2. The largest absolute Gasteiger partial charge is 0.493 e. The topological polar surface area (TPSA) is 128 Å². The molecule has 2 heterocycles. The molecule has 0 aliphatic rings. The predicted octanol–water partition coefficient (Wildman–Crippen LogP) is 3.37. The van der Waals surface area contributed by atoms with Crippen molar-refractivity contribution >= 4 is 28.2 Å². The first kappa shape index (κ1) is 21.1. The second-order valence-corrected chi connectivity index (χ2v) is 7.17.